The van der Waals surface area contributed by atoms with E-state index in [9.17, 15) is 4.39 Å². The maximum absolute atomic E-state index is 14.2. The Morgan fingerprint density at radius 1 is 1.12 bits per heavy atom. The van der Waals surface area contributed by atoms with Gasteiger partial charge in [-0.3, -0.25) is 4.98 Å². The minimum atomic E-state index is -0.327. The molecule has 3 rings (SSSR count). The zero-order valence-corrected chi connectivity index (χ0v) is 16.7. The molecule has 3 aromatic rings. The van der Waals surface area contributed by atoms with Gasteiger partial charge < -0.3 is 10.6 Å². The van der Waals surface area contributed by atoms with Crippen molar-refractivity contribution in [1.29, 1.82) is 0 Å². The van der Waals surface area contributed by atoms with Crippen molar-refractivity contribution in [2.24, 2.45) is 0 Å². The van der Waals surface area contributed by atoms with Crippen LogP contribution in [0.3, 0.4) is 0 Å². The van der Waals surface area contributed by atoms with Crippen LogP contribution in [0.5, 0.6) is 0 Å². The quantitative estimate of drug-likeness (QED) is 0.490. The van der Waals surface area contributed by atoms with Crippen LogP contribution in [0, 0.1) is 9.39 Å². The summed E-state index contributed by atoms with van der Waals surface area (Å²) in [7, 11) is 0. The molecule has 1 aromatic carbocycles. The standard InChI is InChI=1S/C19H19FIN5/c1-3-12(2)23-19-25-17(16-6-4-5-9-22-16)11-18(26-19)24-15-8-7-13(21)10-14(15)20/h4-12H,3H2,1-2H3,(H2,23,24,25,26)/t12-/m1/s1. The van der Waals surface area contributed by atoms with Gasteiger partial charge in [-0.05, 0) is 66.3 Å². The van der Waals surface area contributed by atoms with Crippen LogP contribution in [0.4, 0.5) is 21.8 Å². The van der Waals surface area contributed by atoms with E-state index in [1.807, 2.05) is 24.3 Å². The molecule has 0 saturated carbocycles. The van der Waals surface area contributed by atoms with E-state index in [1.165, 1.54) is 6.07 Å². The summed E-state index contributed by atoms with van der Waals surface area (Å²) in [6.07, 6.45) is 2.65. The molecule has 7 heteroatoms. The fourth-order valence-electron chi connectivity index (χ4n) is 2.27. The third-order valence-corrected chi connectivity index (χ3v) is 4.51. The van der Waals surface area contributed by atoms with Crippen LogP contribution in [-0.2, 0) is 0 Å². The molecule has 26 heavy (non-hydrogen) atoms. The van der Waals surface area contributed by atoms with E-state index >= 15 is 0 Å². The van der Waals surface area contributed by atoms with E-state index < -0.39 is 0 Å². The maximum Gasteiger partial charge on any atom is 0.225 e. The minimum absolute atomic E-state index is 0.219. The predicted octanol–water partition coefficient (Wildman–Crippen LogP) is 5.24. The lowest BCUT2D eigenvalue weighted by Gasteiger charge is -2.14. The zero-order chi connectivity index (χ0) is 18.5. The Morgan fingerprint density at radius 2 is 1.96 bits per heavy atom. The van der Waals surface area contributed by atoms with Crippen molar-refractivity contribution >= 4 is 40.0 Å². The molecule has 0 fully saturated rings. The summed E-state index contributed by atoms with van der Waals surface area (Å²) in [4.78, 5) is 13.4. The molecule has 0 aliphatic rings. The number of hydrogen-bond donors (Lipinski definition) is 2. The van der Waals surface area contributed by atoms with Crippen molar-refractivity contribution in [2.45, 2.75) is 26.3 Å². The Kier molecular flexibility index (Phi) is 5.97. The fraction of sp³-hybridized carbons (Fsp3) is 0.211. The molecule has 0 spiro atoms. The summed E-state index contributed by atoms with van der Waals surface area (Å²) in [5, 5.41) is 6.31. The summed E-state index contributed by atoms with van der Waals surface area (Å²) >= 11 is 2.08. The van der Waals surface area contributed by atoms with Crippen LogP contribution < -0.4 is 10.6 Å². The number of aromatic nitrogens is 3. The highest BCUT2D eigenvalue weighted by atomic mass is 127. The van der Waals surface area contributed by atoms with Gasteiger partial charge in [-0.15, -0.1) is 0 Å². The number of pyridine rings is 1. The molecule has 0 amide bonds. The van der Waals surface area contributed by atoms with Crippen LogP contribution in [0.2, 0.25) is 0 Å². The zero-order valence-electron chi connectivity index (χ0n) is 14.5. The third-order valence-electron chi connectivity index (χ3n) is 3.84. The van der Waals surface area contributed by atoms with Gasteiger partial charge in [-0.25, -0.2) is 9.37 Å². The third kappa shape index (κ3) is 4.66. The van der Waals surface area contributed by atoms with Crippen molar-refractivity contribution in [3.63, 3.8) is 0 Å². The second kappa shape index (κ2) is 8.39. The van der Waals surface area contributed by atoms with Gasteiger partial charge in [0.05, 0.1) is 17.1 Å². The molecular formula is C19H19FIN5. The Bertz CT molecular complexity index is 888. The smallest absolute Gasteiger partial charge is 0.225 e. The molecule has 134 valence electrons. The van der Waals surface area contributed by atoms with Crippen LogP contribution in [0.15, 0.2) is 48.7 Å². The Labute approximate surface area is 165 Å². The first-order valence-corrected chi connectivity index (χ1v) is 9.42. The SMILES string of the molecule is CC[C@@H](C)Nc1nc(Nc2ccc(I)cc2F)cc(-c2ccccn2)n1. The monoisotopic (exact) mass is 463 g/mol. The molecule has 0 aliphatic carbocycles. The molecule has 2 N–H and O–H groups in total. The van der Waals surface area contributed by atoms with Crippen molar-refractivity contribution in [3.05, 3.63) is 58.0 Å². The first-order chi connectivity index (χ1) is 12.5. The average Bonchev–Trinajstić information content (AvgIpc) is 2.64. The second-order valence-electron chi connectivity index (χ2n) is 5.88. The van der Waals surface area contributed by atoms with Gasteiger partial charge in [0.15, 0.2) is 0 Å². The first kappa shape index (κ1) is 18.5. The van der Waals surface area contributed by atoms with E-state index in [0.29, 0.717) is 23.1 Å². The fourth-order valence-corrected chi connectivity index (χ4v) is 2.73. The summed E-state index contributed by atoms with van der Waals surface area (Å²) in [5.41, 5.74) is 1.76. The highest BCUT2D eigenvalue weighted by Gasteiger charge is 2.11. The first-order valence-electron chi connectivity index (χ1n) is 8.34. The van der Waals surface area contributed by atoms with Crippen molar-refractivity contribution < 1.29 is 4.39 Å². The lowest BCUT2D eigenvalue weighted by Crippen LogP contribution is -2.16. The molecule has 2 aromatic heterocycles. The van der Waals surface area contributed by atoms with Gasteiger partial charge >= 0.3 is 0 Å². The van der Waals surface area contributed by atoms with Gasteiger partial charge in [0.25, 0.3) is 0 Å². The van der Waals surface area contributed by atoms with Gasteiger partial charge in [-0.2, -0.15) is 4.98 Å². The molecule has 0 bridgehead atoms. The molecular weight excluding hydrogens is 444 g/mol. The average molecular weight is 463 g/mol. The lowest BCUT2D eigenvalue weighted by atomic mass is 10.2. The number of nitrogens with zero attached hydrogens (tertiary/aromatic N) is 3. The largest absolute Gasteiger partial charge is 0.352 e. The number of hydrogen-bond acceptors (Lipinski definition) is 5. The van der Waals surface area contributed by atoms with Crippen LogP contribution in [0.25, 0.3) is 11.4 Å². The van der Waals surface area contributed by atoms with Gasteiger partial charge in [0.2, 0.25) is 5.95 Å². The number of anilines is 3. The number of nitrogens with one attached hydrogen (secondary N) is 2. The molecule has 1 atom stereocenters. The van der Waals surface area contributed by atoms with Gasteiger partial charge in [-0.1, -0.05) is 13.0 Å². The van der Waals surface area contributed by atoms with E-state index in [4.69, 9.17) is 0 Å². The van der Waals surface area contributed by atoms with E-state index in [-0.39, 0.29) is 11.9 Å². The van der Waals surface area contributed by atoms with Crippen LogP contribution in [-0.4, -0.2) is 21.0 Å². The molecule has 2 heterocycles. The minimum Gasteiger partial charge on any atom is -0.352 e. The summed E-state index contributed by atoms with van der Waals surface area (Å²) in [6.45, 7) is 4.14. The highest BCUT2D eigenvalue weighted by molar-refractivity contribution is 14.1. The predicted molar refractivity (Wildman–Crippen MR) is 111 cm³/mol. The second-order valence-corrected chi connectivity index (χ2v) is 7.13. The van der Waals surface area contributed by atoms with Gasteiger partial charge in [0, 0.05) is 21.9 Å². The Morgan fingerprint density at radius 3 is 2.65 bits per heavy atom. The van der Waals surface area contributed by atoms with Crippen LogP contribution >= 0.6 is 22.6 Å². The van der Waals surface area contributed by atoms with E-state index in [1.54, 1.807) is 18.3 Å². The highest BCUT2D eigenvalue weighted by Crippen LogP contribution is 2.25. The Balaban J connectivity index is 1.98. The summed E-state index contributed by atoms with van der Waals surface area (Å²) in [6, 6.07) is 12.6. The topological polar surface area (TPSA) is 62.7 Å². The van der Waals surface area contributed by atoms with Crippen molar-refractivity contribution in [1.82, 2.24) is 15.0 Å². The molecule has 0 aliphatic heterocycles. The van der Waals surface area contributed by atoms with Crippen molar-refractivity contribution in [3.8, 4) is 11.4 Å². The number of benzene rings is 1. The lowest BCUT2D eigenvalue weighted by molar-refractivity contribution is 0.631. The maximum atomic E-state index is 14.2. The number of halogens is 2. The molecule has 0 unspecified atom stereocenters. The van der Waals surface area contributed by atoms with Crippen LogP contribution in [0.1, 0.15) is 20.3 Å². The summed E-state index contributed by atoms with van der Waals surface area (Å²) in [5.74, 6) is 0.661. The van der Waals surface area contributed by atoms with Gasteiger partial charge in [0.1, 0.15) is 11.6 Å². The Hall–Kier alpha value is -2.29. The molecule has 5 nitrogen and oxygen atoms in total. The van der Waals surface area contributed by atoms with E-state index in [2.05, 4.69) is 62.0 Å². The normalized spacial score (nSPS) is 11.8. The molecule has 0 radical (unpaired) electrons. The number of rotatable bonds is 6. The van der Waals surface area contributed by atoms with Crippen molar-refractivity contribution in [2.75, 3.05) is 10.6 Å². The molecule has 0 saturated heterocycles. The summed E-state index contributed by atoms with van der Waals surface area (Å²) < 4.78 is 15.0. The van der Waals surface area contributed by atoms with E-state index in [0.717, 1.165) is 15.7 Å².